The molecule has 3 N–H and O–H groups in total. The van der Waals surface area contributed by atoms with E-state index in [1.807, 2.05) is 37.3 Å². The summed E-state index contributed by atoms with van der Waals surface area (Å²) >= 11 is 1.50. The highest BCUT2D eigenvalue weighted by atomic mass is 32.2. The number of carbonyl (C=O) groups excluding carboxylic acids is 1. The van der Waals surface area contributed by atoms with Crippen LogP contribution in [0.4, 0.5) is 17.3 Å². The van der Waals surface area contributed by atoms with Crippen LogP contribution in [0.1, 0.15) is 26.2 Å². The molecule has 2 aliphatic heterocycles. The van der Waals surface area contributed by atoms with Crippen molar-refractivity contribution >= 4 is 40.7 Å². The highest BCUT2D eigenvalue weighted by Gasteiger charge is 2.29. The van der Waals surface area contributed by atoms with E-state index in [4.69, 9.17) is 14.7 Å². The molecule has 5 rings (SSSR count). The van der Waals surface area contributed by atoms with Gasteiger partial charge in [-0.05, 0) is 55.8 Å². The highest BCUT2D eigenvalue weighted by molar-refractivity contribution is 7.99. The first kappa shape index (κ1) is 21.0. The van der Waals surface area contributed by atoms with Crippen molar-refractivity contribution in [2.45, 2.75) is 42.4 Å². The maximum atomic E-state index is 12.0. The largest absolute Gasteiger partial charge is 0.378 e. The minimum Gasteiger partial charge on any atom is -0.378 e. The van der Waals surface area contributed by atoms with Crippen LogP contribution in [0.5, 0.6) is 0 Å². The summed E-state index contributed by atoms with van der Waals surface area (Å²) in [6, 6.07) is 9.81. The molecule has 2 aromatic rings. The Kier molecular flexibility index (Phi) is 6.13. The van der Waals surface area contributed by atoms with E-state index < -0.39 is 0 Å². The lowest BCUT2D eigenvalue weighted by Crippen LogP contribution is -2.37. The third-order valence-corrected chi connectivity index (χ3v) is 6.41. The quantitative estimate of drug-likeness (QED) is 0.550. The van der Waals surface area contributed by atoms with Gasteiger partial charge in [-0.2, -0.15) is 5.10 Å². The number of ether oxygens (including phenoxy) is 1. The molecule has 3 heterocycles. The number of benzene rings is 1. The molecular formula is C22H27N7O2S. The Labute approximate surface area is 191 Å². The molecule has 0 bridgehead atoms. The summed E-state index contributed by atoms with van der Waals surface area (Å²) in [6.45, 7) is 5.01. The van der Waals surface area contributed by atoms with Crippen LogP contribution in [-0.4, -0.2) is 54.1 Å². The van der Waals surface area contributed by atoms with E-state index in [0.29, 0.717) is 18.4 Å². The third-order valence-electron chi connectivity index (χ3n) is 5.54. The van der Waals surface area contributed by atoms with E-state index in [9.17, 15) is 4.79 Å². The van der Waals surface area contributed by atoms with Gasteiger partial charge in [0.1, 0.15) is 17.8 Å². The number of morpholine rings is 1. The summed E-state index contributed by atoms with van der Waals surface area (Å²) in [4.78, 5) is 24.7. The third kappa shape index (κ3) is 5.31. The summed E-state index contributed by atoms with van der Waals surface area (Å²) in [5, 5.41) is 11.3. The van der Waals surface area contributed by atoms with Gasteiger partial charge in [-0.25, -0.2) is 9.97 Å². The molecule has 3 aliphatic rings. The number of hydrogen-bond donors (Lipinski definition) is 3. The van der Waals surface area contributed by atoms with E-state index in [1.165, 1.54) is 11.8 Å². The monoisotopic (exact) mass is 453 g/mol. The van der Waals surface area contributed by atoms with Crippen molar-refractivity contribution in [1.29, 1.82) is 0 Å². The first-order chi connectivity index (χ1) is 15.6. The normalized spacial score (nSPS) is 20.5. The Hall–Kier alpha value is -2.85. The highest BCUT2D eigenvalue weighted by Crippen LogP contribution is 2.32. The van der Waals surface area contributed by atoms with Crippen LogP contribution in [0.2, 0.25) is 0 Å². The predicted octanol–water partition coefficient (Wildman–Crippen LogP) is 2.92. The SMILES string of the molecule is CC1=NNC(Nc2cc(N3CCOCC3)nc(Sc3ccc(NC(=O)C4CC4)cc3)n2)C1. The number of aromatic nitrogens is 2. The second-order valence-electron chi connectivity index (χ2n) is 8.26. The molecule has 0 spiro atoms. The fourth-order valence-corrected chi connectivity index (χ4v) is 4.39. The lowest BCUT2D eigenvalue weighted by Gasteiger charge is -2.28. The molecule has 1 aromatic carbocycles. The zero-order chi connectivity index (χ0) is 21.9. The Morgan fingerprint density at radius 2 is 1.97 bits per heavy atom. The number of nitrogens with one attached hydrogen (secondary N) is 3. The van der Waals surface area contributed by atoms with Crippen molar-refractivity contribution in [3.05, 3.63) is 30.3 Å². The van der Waals surface area contributed by atoms with Gasteiger partial charge in [0.2, 0.25) is 5.91 Å². The summed E-state index contributed by atoms with van der Waals surface area (Å²) in [6.07, 6.45) is 2.84. The van der Waals surface area contributed by atoms with E-state index in [0.717, 1.165) is 60.3 Å². The first-order valence-corrected chi connectivity index (χ1v) is 11.8. The number of nitrogens with zero attached hydrogens (tertiary/aromatic N) is 4. The van der Waals surface area contributed by atoms with Crippen LogP contribution in [-0.2, 0) is 9.53 Å². The zero-order valence-electron chi connectivity index (χ0n) is 18.0. The Balaban J connectivity index is 1.32. The van der Waals surface area contributed by atoms with Crippen molar-refractivity contribution in [2.24, 2.45) is 11.0 Å². The van der Waals surface area contributed by atoms with Gasteiger partial charge in [0, 0.05) is 47.8 Å². The minimum absolute atomic E-state index is 0.0228. The average Bonchev–Trinajstić information content (AvgIpc) is 3.58. The van der Waals surface area contributed by atoms with Crippen LogP contribution in [0.25, 0.3) is 0 Å². The number of anilines is 3. The van der Waals surface area contributed by atoms with Gasteiger partial charge in [0.15, 0.2) is 5.16 Å². The molecule has 1 aromatic heterocycles. The Morgan fingerprint density at radius 1 is 1.19 bits per heavy atom. The molecule has 2 fully saturated rings. The number of hydrogen-bond acceptors (Lipinski definition) is 9. The molecule has 168 valence electrons. The van der Waals surface area contributed by atoms with Crippen molar-refractivity contribution in [1.82, 2.24) is 15.4 Å². The molecule has 1 unspecified atom stereocenters. The molecule has 1 aliphatic carbocycles. The van der Waals surface area contributed by atoms with Crippen molar-refractivity contribution < 1.29 is 9.53 Å². The molecule has 0 radical (unpaired) electrons. The van der Waals surface area contributed by atoms with Gasteiger partial charge in [-0.3, -0.25) is 10.2 Å². The van der Waals surface area contributed by atoms with Gasteiger partial charge in [-0.1, -0.05) is 0 Å². The number of carbonyl (C=O) groups is 1. The van der Waals surface area contributed by atoms with Crippen LogP contribution < -0.4 is 21.0 Å². The second-order valence-corrected chi connectivity index (χ2v) is 9.30. The first-order valence-electron chi connectivity index (χ1n) is 11.0. The van der Waals surface area contributed by atoms with E-state index in [1.54, 1.807) is 0 Å². The summed E-state index contributed by atoms with van der Waals surface area (Å²) in [7, 11) is 0. The van der Waals surface area contributed by atoms with Gasteiger partial charge >= 0.3 is 0 Å². The van der Waals surface area contributed by atoms with E-state index in [-0.39, 0.29) is 18.0 Å². The number of rotatable bonds is 7. The van der Waals surface area contributed by atoms with Gasteiger partial charge in [0.25, 0.3) is 0 Å². The smallest absolute Gasteiger partial charge is 0.227 e. The number of hydrazone groups is 1. The molecule has 1 atom stereocenters. The van der Waals surface area contributed by atoms with Gasteiger partial charge in [0.05, 0.1) is 13.2 Å². The standard InChI is InChI=1S/C22H27N7O2S/c1-14-12-19(28-27-14)24-18-13-20(29-8-10-31-11-9-29)26-22(25-18)32-17-6-4-16(5-7-17)23-21(30)15-2-3-15/h4-7,13,15,19,28H,2-3,8-12H2,1H3,(H,23,30)(H,24,25,26). The molecule has 1 saturated heterocycles. The van der Waals surface area contributed by atoms with E-state index in [2.05, 4.69) is 26.1 Å². The zero-order valence-corrected chi connectivity index (χ0v) is 18.8. The maximum Gasteiger partial charge on any atom is 0.227 e. The second kappa shape index (κ2) is 9.33. The van der Waals surface area contributed by atoms with Crippen molar-refractivity contribution in [2.75, 3.05) is 41.8 Å². The molecule has 9 nitrogen and oxygen atoms in total. The number of amides is 1. The van der Waals surface area contributed by atoms with Gasteiger partial charge < -0.3 is 20.3 Å². The van der Waals surface area contributed by atoms with Gasteiger partial charge in [-0.15, -0.1) is 0 Å². The lowest BCUT2D eigenvalue weighted by molar-refractivity contribution is -0.117. The molecule has 10 heteroatoms. The topological polar surface area (TPSA) is 104 Å². The Bertz CT molecular complexity index is 1000. The average molecular weight is 454 g/mol. The summed E-state index contributed by atoms with van der Waals surface area (Å²) in [5.41, 5.74) is 4.98. The fraction of sp³-hybridized carbons (Fsp3) is 0.455. The lowest BCUT2D eigenvalue weighted by atomic mass is 10.2. The molecule has 1 saturated carbocycles. The summed E-state index contributed by atoms with van der Waals surface area (Å²) < 4.78 is 5.49. The van der Waals surface area contributed by atoms with Crippen molar-refractivity contribution in [3.63, 3.8) is 0 Å². The fourth-order valence-electron chi connectivity index (χ4n) is 3.63. The van der Waals surface area contributed by atoms with Crippen LogP contribution in [0.15, 0.2) is 45.5 Å². The minimum atomic E-state index is 0.0228. The Morgan fingerprint density at radius 3 is 2.66 bits per heavy atom. The maximum absolute atomic E-state index is 12.0. The van der Waals surface area contributed by atoms with Crippen LogP contribution in [0.3, 0.4) is 0 Å². The molecule has 1 amide bonds. The molecule has 32 heavy (non-hydrogen) atoms. The summed E-state index contributed by atoms with van der Waals surface area (Å²) in [5.74, 6) is 1.95. The van der Waals surface area contributed by atoms with E-state index >= 15 is 0 Å². The van der Waals surface area contributed by atoms with Crippen LogP contribution >= 0.6 is 11.8 Å². The predicted molar refractivity (Wildman–Crippen MR) is 125 cm³/mol. The molecular weight excluding hydrogens is 426 g/mol. The van der Waals surface area contributed by atoms with Crippen molar-refractivity contribution in [3.8, 4) is 0 Å². The van der Waals surface area contributed by atoms with Crippen LogP contribution in [0, 0.1) is 5.92 Å².